The summed E-state index contributed by atoms with van der Waals surface area (Å²) in [6, 6.07) is -0.644. The van der Waals surface area contributed by atoms with Crippen LogP contribution >= 0.6 is 0 Å². The van der Waals surface area contributed by atoms with Crippen LogP contribution in [0.2, 0.25) is 0 Å². The second-order valence-electron chi connectivity index (χ2n) is 4.24. The molecule has 0 radical (unpaired) electrons. The maximum absolute atomic E-state index is 11.8. The Labute approximate surface area is 88.7 Å². The maximum Gasteiger partial charge on any atom is 0.315 e. The van der Waals surface area contributed by atoms with Crippen LogP contribution < -0.4 is 11.1 Å². The van der Waals surface area contributed by atoms with Crippen LogP contribution in [-0.2, 0) is 9.84 Å². The Kier molecular flexibility index (Phi) is 2.20. The van der Waals surface area contributed by atoms with Crippen LogP contribution in [-0.4, -0.2) is 50.1 Å². The Hall–Kier alpha value is -0.820. The smallest absolute Gasteiger partial charge is 0.315 e. The normalized spacial score (nSPS) is 28.3. The Morgan fingerprint density at radius 2 is 2.20 bits per heavy atom. The lowest BCUT2D eigenvalue weighted by molar-refractivity contribution is -0.0337. The van der Waals surface area contributed by atoms with Crippen molar-refractivity contribution >= 4 is 15.9 Å². The summed E-state index contributed by atoms with van der Waals surface area (Å²) in [6.07, 6.45) is 0. The van der Waals surface area contributed by atoms with Gasteiger partial charge in [0, 0.05) is 30.8 Å². The van der Waals surface area contributed by atoms with E-state index in [0.29, 0.717) is 19.6 Å². The summed E-state index contributed by atoms with van der Waals surface area (Å²) in [6.45, 7) is 3.35. The summed E-state index contributed by atoms with van der Waals surface area (Å²) in [5.41, 5.74) is 4.87. The number of rotatable bonds is 2. The average molecular weight is 233 g/mol. The largest absolute Gasteiger partial charge is 0.351 e. The molecular formula is C8H15N3O3S. The van der Waals surface area contributed by atoms with E-state index in [4.69, 9.17) is 5.73 Å². The van der Waals surface area contributed by atoms with E-state index in [2.05, 4.69) is 5.32 Å². The molecule has 0 bridgehead atoms. The predicted molar refractivity (Wildman–Crippen MR) is 54.8 cm³/mol. The Morgan fingerprint density at radius 1 is 1.60 bits per heavy atom. The zero-order valence-corrected chi connectivity index (χ0v) is 9.38. The first-order valence-electron chi connectivity index (χ1n) is 4.91. The number of hydrogen-bond donors (Lipinski definition) is 2. The van der Waals surface area contributed by atoms with Crippen LogP contribution in [0.4, 0.5) is 4.79 Å². The number of primary amides is 1. The molecule has 0 saturated carbocycles. The lowest BCUT2D eigenvalue weighted by Crippen LogP contribution is -2.80. The molecule has 2 rings (SSSR count). The van der Waals surface area contributed by atoms with Gasteiger partial charge in [-0.05, 0) is 0 Å². The van der Waals surface area contributed by atoms with Crippen molar-refractivity contribution in [2.24, 2.45) is 11.1 Å². The molecule has 3 N–H and O–H groups in total. The van der Waals surface area contributed by atoms with Crippen molar-refractivity contribution in [2.75, 3.05) is 25.4 Å². The van der Waals surface area contributed by atoms with Gasteiger partial charge in [0.15, 0.2) is 9.84 Å². The Morgan fingerprint density at radius 3 is 2.53 bits per heavy atom. The number of carbonyl (C=O) groups excluding carboxylic acids is 1. The number of urea groups is 1. The molecule has 1 spiro atoms. The monoisotopic (exact) mass is 233 g/mol. The number of nitrogens with two attached hydrogens (primary N) is 1. The highest BCUT2D eigenvalue weighted by Gasteiger charge is 2.62. The molecule has 86 valence electrons. The van der Waals surface area contributed by atoms with Crippen molar-refractivity contribution in [1.82, 2.24) is 10.2 Å². The molecule has 2 aliphatic rings. The highest BCUT2D eigenvalue weighted by atomic mass is 32.2. The molecule has 0 aromatic rings. The van der Waals surface area contributed by atoms with Crippen molar-refractivity contribution in [2.45, 2.75) is 12.3 Å². The summed E-state index contributed by atoms with van der Waals surface area (Å²) in [7, 11) is -3.24. The first kappa shape index (κ1) is 10.7. The summed E-state index contributed by atoms with van der Waals surface area (Å²) < 4.78 is 23.7. The third-order valence-corrected chi connectivity index (χ3v) is 5.51. The van der Waals surface area contributed by atoms with Crippen molar-refractivity contribution in [1.29, 1.82) is 0 Å². The molecule has 0 aromatic heterocycles. The van der Waals surface area contributed by atoms with Gasteiger partial charge in [0.05, 0.1) is 0 Å². The fraction of sp³-hybridized carbons (Fsp3) is 0.875. The van der Waals surface area contributed by atoms with Crippen LogP contribution in [0.1, 0.15) is 6.92 Å². The van der Waals surface area contributed by atoms with E-state index in [9.17, 15) is 13.2 Å². The van der Waals surface area contributed by atoms with Gasteiger partial charge < -0.3 is 16.0 Å². The first-order valence-corrected chi connectivity index (χ1v) is 6.63. The van der Waals surface area contributed by atoms with Crippen LogP contribution in [0.15, 0.2) is 0 Å². The van der Waals surface area contributed by atoms with E-state index >= 15 is 0 Å². The Balaban J connectivity index is 2.27. The molecule has 0 aromatic carbocycles. The summed E-state index contributed by atoms with van der Waals surface area (Å²) >= 11 is 0. The number of likely N-dealkylation sites (tertiary alicyclic amines) is 1. The minimum atomic E-state index is -3.24. The van der Waals surface area contributed by atoms with Gasteiger partial charge in [-0.2, -0.15) is 0 Å². The number of sulfone groups is 1. The lowest BCUT2D eigenvalue weighted by Gasteiger charge is -2.60. The molecule has 2 aliphatic heterocycles. The minimum absolute atomic E-state index is 0.0448. The van der Waals surface area contributed by atoms with Crippen LogP contribution in [0.3, 0.4) is 0 Å². The summed E-state index contributed by atoms with van der Waals surface area (Å²) in [5, 5.41) is 2.33. The van der Waals surface area contributed by atoms with Gasteiger partial charge in [-0.25, -0.2) is 13.2 Å². The highest BCUT2D eigenvalue weighted by Crippen LogP contribution is 2.43. The molecule has 2 amide bonds. The van der Waals surface area contributed by atoms with Gasteiger partial charge in [-0.1, -0.05) is 6.92 Å². The molecule has 7 heteroatoms. The average Bonchev–Trinajstić information content (AvgIpc) is 1.98. The first-order chi connectivity index (χ1) is 6.93. The van der Waals surface area contributed by atoms with Crippen molar-refractivity contribution in [3.8, 4) is 0 Å². The summed E-state index contributed by atoms with van der Waals surface area (Å²) in [4.78, 5) is 12.3. The topological polar surface area (TPSA) is 92.5 Å². The third kappa shape index (κ3) is 1.33. The number of amides is 2. The minimum Gasteiger partial charge on any atom is -0.351 e. The molecular weight excluding hydrogens is 218 g/mol. The molecule has 15 heavy (non-hydrogen) atoms. The van der Waals surface area contributed by atoms with Crippen molar-refractivity contribution in [3.63, 3.8) is 0 Å². The van der Waals surface area contributed by atoms with Gasteiger partial charge >= 0.3 is 6.03 Å². The van der Waals surface area contributed by atoms with Crippen LogP contribution in [0.25, 0.3) is 0 Å². The fourth-order valence-electron chi connectivity index (χ4n) is 2.38. The number of nitrogens with one attached hydrogen (secondary N) is 1. The van der Waals surface area contributed by atoms with Crippen LogP contribution in [0, 0.1) is 5.41 Å². The maximum atomic E-state index is 11.8. The van der Waals surface area contributed by atoms with Crippen molar-refractivity contribution in [3.05, 3.63) is 0 Å². The summed E-state index contributed by atoms with van der Waals surface area (Å²) in [5.74, 6) is 0.0448. The van der Waals surface area contributed by atoms with E-state index in [1.807, 2.05) is 0 Å². The van der Waals surface area contributed by atoms with E-state index in [0.717, 1.165) is 0 Å². The zero-order chi connectivity index (χ0) is 11.3. The van der Waals surface area contributed by atoms with Gasteiger partial charge in [0.1, 0.15) is 5.37 Å². The number of carbonyl (C=O) groups is 1. The fourth-order valence-corrected chi connectivity index (χ4v) is 4.26. The van der Waals surface area contributed by atoms with E-state index in [1.54, 1.807) is 6.92 Å². The van der Waals surface area contributed by atoms with E-state index in [-0.39, 0.29) is 11.2 Å². The molecule has 1 unspecified atom stereocenters. The third-order valence-electron chi connectivity index (χ3n) is 3.27. The van der Waals surface area contributed by atoms with Gasteiger partial charge in [0.25, 0.3) is 0 Å². The molecule has 2 saturated heterocycles. The van der Waals surface area contributed by atoms with Gasteiger partial charge in [-0.15, -0.1) is 0 Å². The van der Waals surface area contributed by atoms with Gasteiger partial charge in [0.2, 0.25) is 0 Å². The standard InChI is InChI=1S/C8H15N3O3S/c1-2-15(13,14)6-8(3-10-4-8)5-11(6)7(9)12/h6,10H,2-5H2,1H3,(H2,9,12). The lowest BCUT2D eigenvalue weighted by atomic mass is 9.74. The number of hydrogen-bond acceptors (Lipinski definition) is 4. The van der Waals surface area contributed by atoms with Crippen molar-refractivity contribution < 1.29 is 13.2 Å². The quantitative estimate of drug-likeness (QED) is 0.622. The van der Waals surface area contributed by atoms with E-state index in [1.165, 1.54) is 4.90 Å². The number of nitrogens with zero attached hydrogens (tertiary/aromatic N) is 1. The zero-order valence-electron chi connectivity index (χ0n) is 8.56. The predicted octanol–water partition coefficient (Wildman–Crippen LogP) is -1.27. The SMILES string of the molecule is CCS(=O)(=O)C1N(C(N)=O)CC12CNC2. The molecule has 2 fully saturated rings. The molecule has 0 aliphatic carbocycles. The Bertz CT molecular complexity index is 388. The van der Waals surface area contributed by atoms with Gasteiger partial charge in [-0.3, -0.25) is 0 Å². The van der Waals surface area contributed by atoms with Crippen LogP contribution in [0.5, 0.6) is 0 Å². The molecule has 1 atom stereocenters. The van der Waals surface area contributed by atoms with E-state index < -0.39 is 21.2 Å². The second-order valence-corrected chi connectivity index (χ2v) is 6.59. The second kappa shape index (κ2) is 3.08. The molecule has 2 heterocycles. The molecule has 6 nitrogen and oxygen atoms in total. The highest BCUT2D eigenvalue weighted by molar-refractivity contribution is 7.92.